The maximum Gasteiger partial charge on any atom is 0.328 e. The summed E-state index contributed by atoms with van der Waals surface area (Å²) in [6.07, 6.45) is -0.0496. The molecule has 1 N–H and O–H groups in total. The highest BCUT2D eigenvalue weighted by atomic mass is 16.5. The molecule has 1 heterocycles. The highest BCUT2D eigenvalue weighted by molar-refractivity contribution is 5.96. The number of carbonyl (C=O) groups is 1. The summed E-state index contributed by atoms with van der Waals surface area (Å²) in [5.41, 5.74) is 4.28. The van der Waals surface area contributed by atoms with E-state index in [0.29, 0.717) is 12.1 Å². The third-order valence-corrected chi connectivity index (χ3v) is 5.03. The molecule has 0 aliphatic rings. The smallest absolute Gasteiger partial charge is 0.328 e. The minimum atomic E-state index is -0.596. The fraction of sp³-hybridized carbons (Fsp3) is 0.333. The molecule has 0 saturated heterocycles. The van der Waals surface area contributed by atoms with Gasteiger partial charge < -0.3 is 10.1 Å². The second-order valence-electron chi connectivity index (χ2n) is 6.81. The van der Waals surface area contributed by atoms with Crippen LogP contribution in [0, 0.1) is 13.8 Å². The summed E-state index contributed by atoms with van der Waals surface area (Å²) >= 11 is 0. The van der Waals surface area contributed by atoms with Crippen LogP contribution >= 0.6 is 0 Å². The van der Waals surface area contributed by atoms with E-state index in [1.165, 1.54) is 0 Å². The Labute approximate surface area is 158 Å². The van der Waals surface area contributed by atoms with Gasteiger partial charge >= 0.3 is 5.69 Å². The largest absolute Gasteiger partial charge is 0.480 e. The monoisotopic (exact) mass is 367 g/mol. The van der Waals surface area contributed by atoms with Crippen molar-refractivity contribution in [2.24, 2.45) is 14.1 Å². The van der Waals surface area contributed by atoms with E-state index in [4.69, 9.17) is 4.74 Å². The summed E-state index contributed by atoms with van der Waals surface area (Å²) in [6, 6.07) is 11.3. The van der Waals surface area contributed by atoms with E-state index in [1.807, 2.05) is 45.0 Å². The van der Waals surface area contributed by atoms with Gasteiger partial charge in [0.1, 0.15) is 5.75 Å². The van der Waals surface area contributed by atoms with Gasteiger partial charge in [0.2, 0.25) is 0 Å². The molecule has 142 valence electrons. The SMILES string of the molecule is CC[C@@H](Oc1cccc(C)c1C)C(=O)Nc1ccc2c(c1)n(C)c(=O)n2C. The van der Waals surface area contributed by atoms with Crippen LogP contribution in [-0.2, 0) is 18.9 Å². The van der Waals surface area contributed by atoms with Crippen molar-refractivity contribution >= 4 is 22.6 Å². The molecule has 1 amide bonds. The van der Waals surface area contributed by atoms with E-state index < -0.39 is 6.10 Å². The highest BCUT2D eigenvalue weighted by Crippen LogP contribution is 2.23. The van der Waals surface area contributed by atoms with Crippen molar-refractivity contribution in [2.45, 2.75) is 33.3 Å². The molecule has 27 heavy (non-hydrogen) atoms. The van der Waals surface area contributed by atoms with Crippen LogP contribution in [0.3, 0.4) is 0 Å². The maximum absolute atomic E-state index is 12.7. The van der Waals surface area contributed by atoms with Crippen LogP contribution in [0.1, 0.15) is 24.5 Å². The molecule has 6 nitrogen and oxygen atoms in total. The Bertz CT molecular complexity index is 1060. The zero-order valence-corrected chi connectivity index (χ0v) is 16.4. The number of rotatable bonds is 5. The molecule has 0 unspecified atom stereocenters. The summed E-state index contributed by atoms with van der Waals surface area (Å²) < 4.78 is 9.12. The molecule has 0 saturated carbocycles. The van der Waals surface area contributed by atoms with E-state index in [9.17, 15) is 9.59 Å². The zero-order valence-electron chi connectivity index (χ0n) is 16.4. The number of aryl methyl sites for hydroxylation is 3. The summed E-state index contributed by atoms with van der Waals surface area (Å²) in [6.45, 7) is 5.92. The van der Waals surface area contributed by atoms with Gasteiger partial charge in [-0.15, -0.1) is 0 Å². The van der Waals surface area contributed by atoms with Crippen molar-refractivity contribution in [3.05, 3.63) is 58.0 Å². The molecule has 1 aromatic heterocycles. The van der Waals surface area contributed by atoms with Crippen LogP contribution in [0.25, 0.3) is 11.0 Å². The van der Waals surface area contributed by atoms with E-state index in [1.54, 1.807) is 35.4 Å². The van der Waals surface area contributed by atoms with E-state index >= 15 is 0 Å². The van der Waals surface area contributed by atoms with E-state index in [-0.39, 0.29) is 11.6 Å². The van der Waals surface area contributed by atoms with Crippen LogP contribution in [0.5, 0.6) is 5.75 Å². The molecule has 0 fully saturated rings. The fourth-order valence-electron chi connectivity index (χ4n) is 3.13. The van der Waals surface area contributed by atoms with E-state index in [2.05, 4.69) is 5.32 Å². The first kappa shape index (κ1) is 18.8. The predicted octanol–water partition coefficient (Wildman–Crippen LogP) is 3.29. The minimum Gasteiger partial charge on any atom is -0.480 e. The van der Waals surface area contributed by atoms with Gasteiger partial charge in [0.15, 0.2) is 6.10 Å². The quantitative estimate of drug-likeness (QED) is 0.753. The minimum absolute atomic E-state index is 0.0989. The Balaban J connectivity index is 1.82. The number of nitrogens with zero attached hydrogens (tertiary/aromatic N) is 2. The number of nitrogens with one attached hydrogen (secondary N) is 1. The van der Waals surface area contributed by atoms with Crippen molar-refractivity contribution in [3.8, 4) is 5.75 Å². The number of anilines is 1. The van der Waals surface area contributed by atoms with Gasteiger partial charge in [0.05, 0.1) is 11.0 Å². The average molecular weight is 367 g/mol. The topological polar surface area (TPSA) is 65.3 Å². The van der Waals surface area contributed by atoms with Gasteiger partial charge in [-0.3, -0.25) is 13.9 Å². The van der Waals surface area contributed by atoms with Gasteiger partial charge in [-0.1, -0.05) is 19.1 Å². The molecule has 2 aromatic carbocycles. The molecule has 3 rings (SSSR count). The summed E-state index contributed by atoms with van der Waals surface area (Å²) in [7, 11) is 3.45. The van der Waals surface area contributed by atoms with Crippen LogP contribution in [-0.4, -0.2) is 21.1 Å². The lowest BCUT2D eigenvalue weighted by Gasteiger charge is -2.19. The summed E-state index contributed by atoms with van der Waals surface area (Å²) in [5, 5.41) is 2.91. The summed E-state index contributed by atoms with van der Waals surface area (Å²) in [5.74, 6) is 0.511. The zero-order chi connectivity index (χ0) is 19.7. The van der Waals surface area contributed by atoms with Crippen molar-refractivity contribution in [1.82, 2.24) is 9.13 Å². The maximum atomic E-state index is 12.7. The number of benzene rings is 2. The number of aromatic nitrogens is 2. The third kappa shape index (κ3) is 3.47. The number of hydrogen-bond acceptors (Lipinski definition) is 3. The second-order valence-corrected chi connectivity index (χ2v) is 6.81. The third-order valence-electron chi connectivity index (χ3n) is 5.03. The number of imidazole rings is 1. The van der Waals surface area contributed by atoms with Gasteiger partial charge in [-0.2, -0.15) is 0 Å². The lowest BCUT2D eigenvalue weighted by molar-refractivity contribution is -0.122. The molecule has 1 atom stereocenters. The first-order chi connectivity index (χ1) is 12.8. The van der Waals surface area contributed by atoms with Gasteiger partial charge in [0, 0.05) is 19.8 Å². The lowest BCUT2D eigenvalue weighted by Crippen LogP contribution is -2.32. The van der Waals surface area contributed by atoms with Crippen molar-refractivity contribution in [2.75, 3.05) is 5.32 Å². The molecule has 0 aliphatic carbocycles. The van der Waals surface area contributed by atoms with Gasteiger partial charge in [-0.05, 0) is 55.7 Å². The fourth-order valence-corrected chi connectivity index (χ4v) is 3.13. The Hall–Kier alpha value is -3.02. The van der Waals surface area contributed by atoms with Crippen molar-refractivity contribution in [3.63, 3.8) is 0 Å². The van der Waals surface area contributed by atoms with Crippen molar-refractivity contribution < 1.29 is 9.53 Å². The second kappa shape index (κ2) is 7.31. The lowest BCUT2D eigenvalue weighted by atomic mass is 10.1. The van der Waals surface area contributed by atoms with E-state index in [0.717, 1.165) is 27.9 Å². The number of ether oxygens (including phenoxy) is 1. The molecular formula is C21H25N3O3. The van der Waals surface area contributed by atoms with Crippen LogP contribution in [0.15, 0.2) is 41.2 Å². The number of amides is 1. The van der Waals surface area contributed by atoms with Gasteiger partial charge in [0.25, 0.3) is 5.91 Å². The number of carbonyl (C=O) groups excluding carboxylic acids is 1. The molecule has 6 heteroatoms. The summed E-state index contributed by atoms with van der Waals surface area (Å²) in [4.78, 5) is 24.8. The van der Waals surface area contributed by atoms with Crippen LogP contribution < -0.4 is 15.7 Å². The Morgan fingerprint density at radius 2 is 1.81 bits per heavy atom. The van der Waals surface area contributed by atoms with Crippen LogP contribution in [0.4, 0.5) is 5.69 Å². The Kier molecular flexibility index (Phi) is 5.08. The Morgan fingerprint density at radius 3 is 2.52 bits per heavy atom. The molecule has 3 aromatic rings. The number of hydrogen-bond donors (Lipinski definition) is 1. The van der Waals surface area contributed by atoms with Crippen molar-refractivity contribution in [1.29, 1.82) is 0 Å². The normalized spacial score (nSPS) is 12.2. The van der Waals surface area contributed by atoms with Gasteiger partial charge in [-0.25, -0.2) is 4.79 Å². The average Bonchev–Trinajstić information content (AvgIpc) is 2.87. The molecule has 0 bridgehead atoms. The Morgan fingerprint density at radius 1 is 1.11 bits per heavy atom. The molecule has 0 aliphatic heterocycles. The molecule has 0 radical (unpaired) electrons. The standard InChI is InChI=1S/C21H25N3O3/c1-6-18(27-19-9-7-8-13(2)14(19)3)20(25)22-15-10-11-16-17(12-15)24(5)21(26)23(16)4/h7-12,18H,6H2,1-5H3,(H,22,25)/t18-/m1/s1. The molecule has 0 spiro atoms. The molecular weight excluding hydrogens is 342 g/mol. The van der Waals surface area contributed by atoms with Crippen LogP contribution in [0.2, 0.25) is 0 Å². The predicted molar refractivity (Wildman–Crippen MR) is 107 cm³/mol. The highest BCUT2D eigenvalue weighted by Gasteiger charge is 2.20. The number of fused-ring (bicyclic) bond motifs is 1. The first-order valence-corrected chi connectivity index (χ1v) is 9.02. The first-order valence-electron chi connectivity index (χ1n) is 9.02.